The SMILES string of the molecule is Cc1sc(NC(=O)c2ccccc2F)c(C(=O)c2ccc(Cl)cc2)c1C. The topological polar surface area (TPSA) is 46.2 Å². The van der Waals surface area contributed by atoms with Crippen molar-refractivity contribution in [3.05, 3.63) is 86.5 Å². The maximum Gasteiger partial charge on any atom is 0.259 e. The average molecular weight is 388 g/mol. The Morgan fingerprint density at radius 3 is 2.35 bits per heavy atom. The number of nitrogens with one attached hydrogen (secondary N) is 1. The van der Waals surface area contributed by atoms with E-state index in [1.807, 2.05) is 13.8 Å². The van der Waals surface area contributed by atoms with Crippen LogP contribution in [-0.4, -0.2) is 11.7 Å². The van der Waals surface area contributed by atoms with E-state index < -0.39 is 11.7 Å². The largest absolute Gasteiger partial charge is 0.313 e. The quantitative estimate of drug-likeness (QED) is 0.589. The zero-order valence-corrected chi connectivity index (χ0v) is 15.7. The zero-order valence-electron chi connectivity index (χ0n) is 14.1. The number of rotatable bonds is 4. The van der Waals surface area contributed by atoms with Gasteiger partial charge < -0.3 is 5.32 Å². The summed E-state index contributed by atoms with van der Waals surface area (Å²) < 4.78 is 13.9. The molecule has 1 heterocycles. The molecular weight excluding hydrogens is 373 g/mol. The summed E-state index contributed by atoms with van der Waals surface area (Å²) in [5.74, 6) is -1.41. The molecule has 0 atom stereocenters. The fourth-order valence-electron chi connectivity index (χ4n) is 2.55. The van der Waals surface area contributed by atoms with Gasteiger partial charge in [-0.3, -0.25) is 9.59 Å². The van der Waals surface area contributed by atoms with Crippen molar-refractivity contribution in [2.24, 2.45) is 0 Å². The number of ketones is 1. The van der Waals surface area contributed by atoms with Crippen LogP contribution in [0.3, 0.4) is 0 Å². The highest BCUT2D eigenvalue weighted by atomic mass is 35.5. The summed E-state index contributed by atoms with van der Waals surface area (Å²) in [5.41, 5.74) is 1.61. The van der Waals surface area contributed by atoms with Gasteiger partial charge in [-0.15, -0.1) is 11.3 Å². The summed E-state index contributed by atoms with van der Waals surface area (Å²) in [6.07, 6.45) is 0. The molecule has 0 saturated heterocycles. The maximum atomic E-state index is 13.9. The van der Waals surface area contributed by atoms with Gasteiger partial charge in [0.2, 0.25) is 0 Å². The molecule has 0 bridgehead atoms. The fourth-order valence-corrected chi connectivity index (χ4v) is 3.73. The van der Waals surface area contributed by atoms with E-state index in [2.05, 4.69) is 5.32 Å². The van der Waals surface area contributed by atoms with Crippen molar-refractivity contribution in [3.8, 4) is 0 Å². The molecule has 1 N–H and O–H groups in total. The summed E-state index contributed by atoms with van der Waals surface area (Å²) in [6, 6.07) is 12.3. The Morgan fingerprint density at radius 2 is 1.69 bits per heavy atom. The molecule has 132 valence electrons. The van der Waals surface area contributed by atoms with Crippen molar-refractivity contribution in [3.63, 3.8) is 0 Å². The first-order valence-corrected chi connectivity index (χ1v) is 9.04. The molecule has 0 aliphatic carbocycles. The first-order chi connectivity index (χ1) is 12.4. The molecule has 0 spiro atoms. The van der Waals surface area contributed by atoms with Crippen molar-refractivity contribution >= 4 is 39.6 Å². The third-order valence-electron chi connectivity index (χ3n) is 4.06. The highest BCUT2D eigenvalue weighted by Gasteiger charge is 2.23. The van der Waals surface area contributed by atoms with Crippen LogP contribution in [-0.2, 0) is 0 Å². The molecule has 6 heteroatoms. The van der Waals surface area contributed by atoms with Gasteiger partial charge in [0.1, 0.15) is 10.8 Å². The number of hydrogen-bond donors (Lipinski definition) is 1. The number of thiophene rings is 1. The van der Waals surface area contributed by atoms with Gasteiger partial charge in [-0.25, -0.2) is 4.39 Å². The molecular formula is C20H15ClFNO2S. The average Bonchev–Trinajstić information content (AvgIpc) is 2.89. The Labute approximate surface area is 159 Å². The highest BCUT2D eigenvalue weighted by molar-refractivity contribution is 7.17. The maximum absolute atomic E-state index is 13.9. The molecule has 0 unspecified atom stereocenters. The van der Waals surface area contributed by atoms with E-state index >= 15 is 0 Å². The molecule has 0 aliphatic rings. The van der Waals surface area contributed by atoms with Crippen molar-refractivity contribution in [1.82, 2.24) is 0 Å². The van der Waals surface area contributed by atoms with E-state index in [4.69, 9.17) is 11.6 Å². The van der Waals surface area contributed by atoms with E-state index in [1.54, 1.807) is 30.3 Å². The van der Waals surface area contributed by atoms with E-state index in [0.29, 0.717) is 21.2 Å². The number of aryl methyl sites for hydroxylation is 1. The molecule has 3 nitrogen and oxygen atoms in total. The van der Waals surface area contributed by atoms with Gasteiger partial charge in [0.25, 0.3) is 5.91 Å². The van der Waals surface area contributed by atoms with Crippen molar-refractivity contribution in [1.29, 1.82) is 0 Å². The first kappa shape index (κ1) is 18.3. The van der Waals surface area contributed by atoms with Crippen LogP contribution in [0.5, 0.6) is 0 Å². The monoisotopic (exact) mass is 387 g/mol. The van der Waals surface area contributed by atoms with Crippen LogP contribution < -0.4 is 5.32 Å². The van der Waals surface area contributed by atoms with Crippen LogP contribution in [0.15, 0.2) is 48.5 Å². The number of halogens is 2. The number of benzene rings is 2. The van der Waals surface area contributed by atoms with E-state index in [-0.39, 0.29) is 11.3 Å². The van der Waals surface area contributed by atoms with Crippen LogP contribution in [0.1, 0.15) is 36.7 Å². The van der Waals surface area contributed by atoms with Crippen molar-refractivity contribution < 1.29 is 14.0 Å². The number of carbonyl (C=O) groups excluding carboxylic acids is 2. The highest BCUT2D eigenvalue weighted by Crippen LogP contribution is 2.34. The predicted molar refractivity (Wildman–Crippen MR) is 103 cm³/mol. The van der Waals surface area contributed by atoms with Crippen LogP contribution in [0.25, 0.3) is 0 Å². The summed E-state index contributed by atoms with van der Waals surface area (Å²) in [4.78, 5) is 26.3. The Kier molecular flexibility index (Phi) is 5.20. The number of amides is 1. The second-order valence-corrected chi connectivity index (χ2v) is 7.42. The lowest BCUT2D eigenvalue weighted by molar-refractivity contribution is 0.102. The summed E-state index contributed by atoms with van der Waals surface area (Å²) in [6.45, 7) is 3.70. The van der Waals surface area contributed by atoms with Crippen LogP contribution >= 0.6 is 22.9 Å². The van der Waals surface area contributed by atoms with Gasteiger partial charge in [-0.1, -0.05) is 23.7 Å². The molecule has 0 radical (unpaired) electrons. The molecule has 0 saturated carbocycles. The second kappa shape index (κ2) is 7.40. The lowest BCUT2D eigenvalue weighted by atomic mass is 10.0. The molecule has 1 amide bonds. The van der Waals surface area contributed by atoms with Gasteiger partial charge in [-0.2, -0.15) is 0 Å². The number of carbonyl (C=O) groups is 2. The molecule has 0 fully saturated rings. The predicted octanol–water partition coefficient (Wildman–Crippen LogP) is 5.64. The van der Waals surface area contributed by atoms with E-state index in [9.17, 15) is 14.0 Å². The minimum Gasteiger partial charge on any atom is -0.313 e. The normalized spacial score (nSPS) is 10.6. The number of hydrogen-bond acceptors (Lipinski definition) is 3. The second-order valence-electron chi connectivity index (χ2n) is 5.76. The number of anilines is 1. The lowest BCUT2D eigenvalue weighted by Gasteiger charge is -2.08. The molecule has 3 aromatic rings. The smallest absolute Gasteiger partial charge is 0.259 e. The van der Waals surface area contributed by atoms with E-state index in [0.717, 1.165) is 10.4 Å². The lowest BCUT2D eigenvalue weighted by Crippen LogP contribution is -2.15. The molecule has 26 heavy (non-hydrogen) atoms. The third kappa shape index (κ3) is 3.54. The first-order valence-electron chi connectivity index (χ1n) is 7.84. The third-order valence-corrected chi connectivity index (χ3v) is 5.44. The standard InChI is InChI=1S/C20H15ClFNO2S/c1-11-12(2)26-20(23-19(25)15-5-3-4-6-16(15)22)17(11)18(24)13-7-9-14(21)10-8-13/h3-10H,1-2H3,(H,23,25). The minimum atomic E-state index is -0.611. The van der Waals surface area contributed by atoms with E-state index in [1.165, 1.54) is 29.5 Å². The Morgan fingerprint density at radius 1 is 1.04 bits per heavy atom. The minimum absolute atomic E-state index is 0.0684. The Hall–Kier alpha value is -2.50. The van der Waals surface area contributed by atoms with Crippen LogP contribution in [0.4, 0.5) is 9.39 Å². The van der Waals surface area contributed by atoms with Gasteiger partial charge in [0.15, 0.2) is 5.78 Å². The fraction of sp³-hybridized carbons (Fsp3) is 0.100. The summed E-state index contributed by atoms with van der Waals surface area (Å²) >= 11 is 7.17. The van der Waals surface area contributed by atoms with Crippen LogP contribution in [0.2, 0.25) is 5.02 Å². The van der Waals surface area contributed by atoms with Crippen molar-refractivity contribution in [2.75, 3.05) is 5.32 Å². The summed E-state index contributed by atoms with van der Waals surface area (Å²) in [5, 5.41) is 3.63. The Balaban J connectivity index is 1.98. The molecule has 3 rings (SSSR count). The van der Waals surface area contributed by atoms with Gasteiger partial charge >= 0.3 is 0 Å². The Bertz CT molecular complexity index is 996. The van der Waals surface area contributed by atoms with Gasteiger partial charge in [-0.05, 0) is 55.8 Å². The molecule has 1 aromatic heterocycles. The van der Waals surface area contributed by atoms with Crippen molar-refractivity contribution in [2.45, 2.75) is 13.8 Å². The van der Waals surface area contributed by atoms with Gasteiger partial charge in [0.05, 0.1) is 11.1 Å². The molecule has 0 aliphatic heterocycles. The molecule has 2 aromatic carbocycles. The van der Waals surface area contributed by atoms with Crippen LogP contribution in [0, 0.1) is 19.7 Å². The zero-order chi connectivity index (χ0) is 18.8. The summed E-state index contributed by atoms with van der Waals surface area (Å²) in [7, 11) is 0. The van der Waals surface area contributed by atoms with Gasteiger partial charge in [0, 0.05) is 15.5 Å².